The molecule has 0 aromatic heterocycles. The molecule has 0 spiro atoms. The Hall–Kier alpha value is -1.58. The van der Waals surface area contributed by atoms with Crippen LogP contribution in [-0.4, -0.2) is 23.5 Å². The van der Waals surface area contributed by atoms with Gasteiger partial charge in [-0.2, -0.15) is 0 Å². The van der Waals surface area contributed by atoms with Crippen molar-refractivity contribution >= 4 is 11.9 Å². The summed E-state index contributed by atoms with van der Waals surface area (Å²) in [7, 11) is 0. The predicted molar refractivity (Wildman–Crippen MR) is 70.0 cm³/mol. The third kappa shape index (κ3) is 5.17. The number of carboxylic acid groups (broad SMARTS) is 1. The summed E-state index contributed by atoms with van der Waals surface area (Å²) in [5.74, 6) is -0.550. The molecule has 2 N–H and O–H groups in total. The number of carboxylic acids is 1. The maximum Gasteiger partial charge on any atom is 0.306 e. The molecule has 1 rings (SSSR count). The molecule has 0 radical (unpaired) electrons. The van der Waals surface area contributed by atoms with Crippen molar-refractivity contribution in [3.63, 3.8) is 0 Å². The van der Waals surface area contributed by atoms with E-state index in [9.17, 15) is 9.59 Å². The number of hydrogen-bond acceptors (Lipinski definition) is 2. The molecule has 1 fully saturated rings. The van der Waals surface area contributed by atoms with Crippen LogP contribution in [0.4, 0.5) is 0 Å². The molecule has 100 valence electrons. The molecular formula is C14H21NO3. The summed E-state index contributed by atoms with van der Waals surface area (Å²) in [4.78, 5) is 22.2. The van der Waals surface area contributed by atoms with E-state index >= 15 is 0 Å². The smallest absolute Gasteiger partial charge is 0.306 e. The number of carbonyl (C=O) groups excluding carboxylic acids is 1. The quantitative estimate of drug-likeness (QED) is 0.581. The van der Waals surface area contributed by atoms with Crippen LogP contribution in [0.1, 0.15) is 32.6 Å². The molecule has 0 aromatic carbocycles. The first-order valence-electron chi connectivity index (χ1n) is 6.43. The average molecular weight is 251 g/mol. The summed E-state index contributed by atoms with van der Waals surface area (Å²) in [5, 5.41) is 11.7. The van der Waals surface area contributed by atoms with Gasteiger partial charge in [0.2, 0.25) is 5.91 Å². The highest BCUT2D eigenvalue weighted by Crippen LogP contribution is 2.28. The van der Waals surface area contributed by atoms with Crippen LogP contribution in [-0.2, 0) is 9.59 Å². The summed E-state index contributed by atoms with van der Waals surface area (Å²) in [6, 6.07) is 0. The summed E-state index contributed by atoms with van der Waals surface area (Å²) >= 11 is 0. The minimum Gasteiger partial charge on any atom is -0.481 e. The van der Waals surface area contributed by atoms with Crippen LogP contribution in [0.25, 0.3) is 0 Å². The van der Waals surface area contributed by atoms with Crippen LogP contribution >= 0.6 is 0 Å². The van der Waals surface area contributed by atoms with Crippen LogP contribution in [0.3, 0.4) is 0 Å². The van der Waals surface area contributed by atoms with Crippen molar-refractivity contribution in [2.45, 2.75) is 32.6 Å². The van der Waals surface area contributed by atoms with Crippen LogP contribution < -0.4 is 5.32 Å². The van der Waals surface area contributed by atoms with E-state index in [1.165, 1.54) is 6.08 Å². The third-order valence-corrected chi connectivity index (χ3v) is 3.31. The van der Waals surface area contributed by atoms with Crippen LogP contribution in [0.5, 0.6) is 0 Å². The van der Waals surface area contributed by atoms with E-state index in [1.807, 2.05) is 13.0 Å². The normalized spacial score (nSPS) is 24.5. The Bertz CT molecular complexity index is 339. The monoisotopic (exact) mass is 251 g/mol. The molecule has 0 heterocycles. The number of aliphatic carboxylic acids is 1. The van der Waals surface area contributed by atoms with E-state index in [4.69, 9.17) is 5.11 Å². The van der Waals surface area contributed by atoms with E-state index in [0.717, 1.165) is 25.7 Å². The molecule has 4 nitrogen and oxygen atoms in total. The van der Waals surface area contributed by atoms with Gasteiger partial charge in [0.05, 0.1) is 5.92 Å². The maximum absolute atomic E-state index is 11.4. The van der Waals surface area contributed by atoms with Gasteiger partial charge in [-0.15, -0.1) is 0 Å². The lowest BCUT2D eigenvalue weighted by atomic mass is 9.82. The van der Waals surface area contributed by atoms with E-state index in [1.54, 1.807) is 12.2 Å². The molecule has 1 aliphatic rings. The second kappa shape index (κ2) is 7.69. The average Bonchev–Trinajstić information content (AvgIpc) is 2.37. The Morgan fingerprint density at radius 2 is 1.89 bits per heavy atom. The lowest BCUT2D eigenvalue weighted by molar-refractivity contribution is -0.143. The Labute approximate surface area is 108 Å². The highest BCUT2D eigenvalue weighted by molar-refractivity contribution is 5.87. The number of nitrogens with one attached hydrogen (secondary N) is 1. The summed E-state index contributed by atoms with van der Waals surface area (Å²) in [6.45, 7) is 2.54. The van der Waals surface area contributed by atoms with E-state index in [2.05, 4.69) is 5.32 Å². The van der Waals surface area contributed by atoms with Crippen molar-refractivity contribution in [1.82, 2.24) is 5.32 Å². The highest BCUT2D eigenvalue weighted by Gasteiger charge is 2.25. The van der Waals surface area contributed by atoms with Crippen molar-refractivity contribution in [3.05, 3.63) is 24.3 Å². The van der Waals surface area contributed by atoms with Crippen molar-refractivity contribution < 1.29 is 14.7 Å². The van der Waals surface area contributed by atoms with Crippen molar-refractivity contribution in [3.8, 4) is 0 Å². The molecule has 1 aliphatic carbocycles. The Balaban J connectivity index is 2.21. The number of allylic oxidation sites excluding steroid dienone is 3. The zero-order valence-corrected chi connectivity index (χ0v) is 10.8. The highest BCUT2D eigenvalue weighted by atomic mass is 16.4. The number of hydrogen-bond donors (Lipinski definition) is 2. The van der Waals surface area contributed by atoms with Gasteiger partial charge >= 0.3 is 5.97 Å². The summed E-state index contributed by atoms with van der Waals surface area (Å²) < 4.78 is 0. The van der Waals surface area contributed by atoms with Gasteiger partial charge in [0, 0.05) is 12.6 Å². The molecule has 0 aliphatic heterocycles. The topological polar surface area (TPSA) is 66.4 Å². The van der Waals surface area contributed by atoms with Crippen molar-refractivity contribution in [2.24, 2.45) is 11.8 Å². The first-order valence-corrected chi connectivity index (χ1v) is 6.43. The Morgan fingerprint density at radius 1 is 1.22 bits per heavy atom. The number of amides is 1. The second-order valence-electron chi connectivity index (χ2n) is 4.69. The first kappa shape index (κ1) is 14.5. The van der Waals surface area contributed by atoms with E-state index < -0.39 is 5.97 Å². The number of rotatable bonds is 5. The van der Waals surface area contributed by atoms with Gasteiger partial charge in [-0.25, -0.2) is 0 Å². The minimum atomic E-state index is -0.688. The van der Waals surface area contributed by atoms with E-state index in [-0.39, 0.29) is 11.8 Å². The third-order valence-electron chi connectivity index (χ3n) is 3.31. The second-order valence-corrected chi connectivity index (χ2v) is 4.69. The van der Waals surface area contributed by atoms with E-state index in [0.29, 0.717) is 12.5 Å². The lowest BCUT2D eigenvalue weighted by Crippen LogP contribution is -2.31. The molecule has 1 amide bonds. The Kier molecular flexibility index (Phi) is 6.19. The molecule has 4 heteroatoms. The zero-order valence-electron chi connectivity index (χ0n) is 10.8. The lowest BCUT2D eigenvalue weighted by Gasteiger charge is -2.25. The predicted octanol–water partition coefficient (Wildman–Crippen LogP) is 2.13. The number of carbonyl (C=O) groups is 2. The van der Waals surface area contributed by atoms with Crippen LogP contribution in [0, 0.1) is 11.8 Å². The van der Waals surface area contributed by atoms with Gasteiger partial charge in [-0.05, 0) is 38.5 Å². The molecule has 0 bridgehead atoms. The van der Waals surface area contributed by atoms with Crippen molar-refractivity contribution in [2.75, 3.05) is 6.54 Å². The molecular weight excluding hydrogens is 230 g/mol. The molecule has 0 atom stereocenters. The SMILES string of the molecule is CC=CC=CC(=O)NCC1CCC(C(=O)O)CC1. The fourth-order valence-electron chi connectivity index (χ4n) is 2.17. The van der Waals surface area contributed by atoms with Gasteiger partial charge < -0.3 is 10.4 Å². The maximum atomic E-state index is 11.4. The molecule has 18 heavy (non-hydrogen) atoms. The van der Waals surface area contributed by atoms with Crippen LogP contribution in [0.2, 0.25) is 0 Å². The standard InChI is InChI=1S/C14H21NO3/c1-2-3-4-5-13(16)15-10-11-6-8-12(9-7-11)14(17)18/h2-5,11-12H,6-10H2,1H3,(H,15,16)(H,17,18). The molecule has 0 saturated heterocycles. The molecule has 0 aromatic rings. The van der Waals surface area contributed by atoms with Gasteiger partial charge in [0.25, 0.3) is 0 Å². The fraction of sp³-hybridized carbons (Fsp3) is 0.571. The van der Waals surface area contributed by atoms with Gasteiger partial charge in [0.15, 0.2) is 0 Å². The van der Waals surface area contributed by atoms with Crippen molar-refractivity contribution in [1.29, 1.82) is 0 Å². The van der Waals surface area contributed by atoms with Crippen LogP contribution in [0.15, 0.2) is 24.3 Å². The fourth-order valence-corrected chi connectivity index (χ4v) is 2.17. The van der Waals surface area contributed by atoms with Gasteiger partial charge in [-0.1, -0.05) is 18.2 Å². The molecule has 1 saturated carbocycles. The zero-order chi connectivity index (χ0) is 13.4. The van der Waals surface area contributed by atoms with Gasteiger partial charge in [0.1, 0.15) is 0 Å². The largest absolute Gasteiger partial charge is 0.481 e. The first-order chi connectivity index (χ1) is 8.63. The summed E-state index contributed by atoms with van der Waals surface area (Å²) in [5.41, 5.74) is 0. The Morgan fingerprint density at radius 3 is 2.44 bits per heavy atom. The minimum absolute atomic E-state index is 0.0894. The summed E-state index contributed by atoms with van der Waals surface area (Å²) in [6.07, 6.45) is 10.1. The molecule has 0 unspecified atom stereocenters. The van der Waals surface area contributed by atoms with Gasteiger partial charge in [-0.3, -0.25) is 9.59 Å².